The van der Waals surface area contributed by atoms with Gasteiger partial charge in [-0.15, -0.1) is 0 Å². The van der Waals surface area contributed by atoms with Crippen molar-refractivity contribution < 1.29 is 14.4 Å². The van der Waals surface area contributed by atoms with Gasteiger partial charge in [0.05, 0.1) is 0 Å². The number of nitrogens with one attached hydrogen (secondary N) is 1. The zero-order chi connectivity index (χ0) is 15.8. The molecule has 0 aromatic heterocycles. The second kappa shape index (κ2) is 5.43. The predicted octanol–water partition coefficient (Wildman–Crippen LogP) is 2.70. The van der Waals surface area contributed by atoms with E-state index in [2.05, 4.69) is 19.2 Å². The number of carbonyl (C=O) groups excluding carboxylic acids is 3. The topological polar surface area (TPSA) is 66.5 Å². The van der Waals surface area contributed by atoms with Gasteiger partial charge < -0.3 is 0 Å². The molecule has 1 heterocycles. The van der Waals surface area contributed by atoms with Crippen LogP contribution in [0.2, 0.25) is 0 Å². The molecule has 4 amide bonds. The zero-order valence-electron chi connectivity index (χ0n) is 13.5. The van der Waals surface area contributed by atoms with Gasteiger partial charge in [-0.1, -0.05) is 47.0 Å². The number of urea groups is 1. The summed E-state index contributed by atoms with van der Waals surface area (Å²) in [7, 11) is 0. The largest absolute Gasteiger partial charge is 0.330 e. The van der Waals surface area contributed by atoms with Crippen molar-refractivity contribution in [1.82, 2.24) is 10.2 Å². The van der Waals surface area contributed by atoms with Gasteiger partial charge in [0.2, 0.25) is 11.8 Å². The second-order valence-corrected chi connectivity index (χ2v) is 7.44. The van der Waals surface area contributed by atoms with Crippen LogP contribution in [0.5, 0.6) is 0 Å². The summed E-state index contributed by atoms with van der Waals surface area (Å²) in [6.45, 7) is 8.59. The van der Waals surface area contributed by atoms with Gasteiger partial charge in [0.15, 0.2) is 0 Å². The fourth-order valence-electron chi connectivity index (χ4n) is 3.06. The molecule has 1 saturated carbocycles. The standard InChI is InChI=1S/C16H26N2O3/c1-11(2)15(3,4)10-18-13(20)16(8-6-5-7-9-16)12(19)17-14(18)21/h11H,5-10H2,1-4H3,(H,17,19,21). The fraction of sp³-hybridized carbons (Fsp3) is 0.812. The highest BCUT2D eigenvalue weighted by Crippen LogP contribution is 2.41. The van der Waals surface area contributed by atoms with Gasteiger partial charge in [0.25, 0.3) is 0 Å². The van der Waals surface area contributed by atoms with Gasteiger partial charge in [-0.3, -0.25) is 19.8 Å². The van der Waals surface area contributed by atoms with Crippen molar-refractivity contribution in [3.05, 3.63) is 0 Å². The summed E-state index contributed by atoms with van der Waals surface area (Å²) in [5.74, 6) is -0.349. The molecular weight excluding hydrogens is 268 g/mol. The number of amides is 4. The molecule has 0 bridgehead atoms. The molecule has 0 unspecified atom stereocenters. The summed E-state index contributed by atoms with van der Waals surface area (Å²) in [6, 6.07) is -0.560. The van der Waals surface area contributed by atoms with E-state index in [4.69, 9.17) is 0 Å². The van der Waals surface area contributed by atoms with Gasteiger partial charge in [0, 0.05) is 6.54 Å². The van der Waals surface area contributed by atoms with E-state index in [0.717, 1.165) is 19.3 Å². The lowest BCUT2D eigenvalue weighted by Gasteiger charge is -2.44. The highest BCUT2D eigenvalue weighted by Gasteiger charge is 2.54. The van der Waals surface area contributed by atoms with Crippen molar-refractivity contribution in [2.75, 3.05) is 6.54 Å². The van der Waals surface area contributed by atoms with Crippen LogP contribution in [-0.2, 0) is 9.59 Å². The third kappa shape index (κ3) is 2.70. The molecule has 2 rings (SSSR count). The van der Waals surface area contributed by atoms with Crippen LogP contribution in [0.25, 0.3) is 0 Å². The van der Waals surface area contributed by atoms with E-state index in [0.29, 0.717) is 25.3 Å². The van der Waals surface area contributed by atoms with Crippen molar-refractivity contribution in [3.8, 4) is 0 Å². The lowest BCUT2D eigenvalue weighted by molar-refractivity contribution is -0.155. The molecule has 118 valence electrons. The summed E-state index contributed by atoms with van der Waals surface area (Å²) < 4.78 is 0. The molecule has 21 heavy (non-hydrogen) atoms. The Labute approximate surface area is 126 Å². The van der Waals surface area contributed by atoms with Gasteiger partial charge in [-0.25, -0.2) is 4.79 Å². The monoisotopic (exact) mass is 294 g/mol. The van der Waals surface area contributed by atoms with E-state index < -0.39 is 17.4 Å². The molecule has 0 aromatic rings. The number of rotatable bonds is 3. The first-order valence-corrected chi connectivity index (χ1v) is 7.88. The Balaban J connectivity index is 2.27. The minimum atomic E-state index is -1.00. The maximum absolute atomic E-state index is 12.9. The first-order chi connectivity index (χ1) is 9.70. The van der Waals surface area contributed by atoms with Crippen LogP contribution in [0.15, 0.2) is 0 Å². The Kier molecular flexibility index (Phi) is 4.13. The molecule has 1 spiro atoms. The van der Waals surface area contributed by atoms with Gasteiger partial charge in [-0.2, -0.15) is 0 Å². The van der Waals surface area contributed by atoms with Gasteiger partial charge in [-0.05, 0) is 24.2 Å². The lowest BCUT2D eigenvalue weighted by Crippen LogP contribution is -2.65. The summed E-state index contributed by atoms with van der Waals surface area (Å²) >= 11 is 0. The number of imide groups is 2. The normalized spacial score (nSPS) is 22.9. The van der Waals surface area contributed by atoms with Crippen molar-refractivity contribution in [1.29, 1.82) is 0 Å². The molecule has 0 radical (unpaired) electrons. The van der Waals surface area contributed by atoms with Crippen molar-refractivity contribution in [2.24, 2.45) is 16.7 Å². The Hall–Kier alpha value is -1.39. The number of nitrogens with zero attached hydrogens (tertiary/aromatic N) is 1. The minimum Gasteiger partial charge on any atom is -0.277 e. The van der Waals surface area contributed by atoms with E-state index in [1.807, 2.05) is 13.8 Å². The summed E-state index contributed by atoms with van der Waals surface area (Å²) in [4.78, 5) is 38.5. The molecule has 0 aromatic carbocycles. The van der Waals surface area contributed by atoms with E-state index in [-0.39, 0.29) is 11.3 Å². The third-order valence-corrected chi connectivity index (χ3v) is 5.39. The molecule has 1 N–H and O–H groups in total. The quantitative estimate of drug-likeness (QED) is 0.814. The Morgan fingerprint density at radius 3 is 2.24 bits per heavy atom. The molecule has 0 atom stereocenters. The molecule has 1 aliphatic carbocycles. The number of hydrogen-bond acceptors (Lipinski definition) is 3. The molecule has 5 heteroatoms. The summed E-state index contributed by atoms with van der Waals surface area (Å²) in [5.41, 5.74) is -1.18. The van der Waals surface area contributed by atoms with Crippen LogP contribution in [0, 0.1) is 16.7 Å². The predicted molar refractivity (Wildman–Crippen MR) is 79.4 cm³/mol. The summed E-state index contributed by atoms with van der Waals surface area (Å²) in [6.07, 6.45) is 3.91. The maximum Gasteiger partial charge on any atom is 0.330 e. The van der Waals surface area contributed by atoms with Crippen molar-refractivity contribution >= 4 is 17.8 Å². The zero-order valence-corrected chi connectivity index (χ0v) is 13.5. The second-order valence-electron chi connectivity index (χ2n) is 7.44. The Bertz CT molecular complexity index is 462. The Morgan fingerprint density at radius 1 is 1.14 bits per heavy atom. The van der Waals surface area contributed by atoms with E-state index in [9.17, 15) is 14.4 Å². The van der Waals surface area contributed by atoms with Crippen LogP contribution >= 0.6 is 0 Å². The van der Waals surface area contributed by atoms with Crippen LogP contribution in [0.1, 0.15) is 59.8 Å². The first-order valence-electron chi connectivity index (χ1n) is 7.88. The molecular formula is C16H26N2O3. The van der Waals surface area contributed by atoms with E-state index >= 15 is 0 Å². The summed E-state index contributed by atoms with van der Waals surface area (Å²) in [5, 5.41) is 2.41. The van der Waals surface area contributed by atoms with Crippen LogP contribution in [0.3, 0.4) is 0 Å². The maximum atomic E-state index is 12.9. The molecule has 2 fully saturated rings. The third-order valence-electron chi connectivity index (χ3n) is 5.39. The van der Waals surface area contributed by atoms with Crippen LogP contribution < -0.4 is 5.32 Å². The Morgan fingerprint density at radius 2 is 1.71 bits per heavy atom. The molecule has 5 nitrogen and oxygen atoms in total. The highest BCUT2D eigenvalue weighted by molar-refractivity contribution is 6.19. The van der Waals surface area contributed by atoms with Crippen LogP contribution in [-0.4, -0.2) is 29.3 Å². The first kappa shape index (κ1) is 16.0. The SMILES string of the molecule is CC(C)C(C)(C)CN1C(=O)NC(=O)C2(CCCCC2)C1=O. The average molecular weight is 294 g/mol. The number of hydrogen-bond donors (Lipinski definition) is 1. The smallest absolute Gasteiger partial charge is 0.277 e. The van der Waals surface area contributed by atoms with E-state index in [1.165, 1.54) is 4.90 Å². The van der Waals surface area contributed by atoms with Crippen molar-refractivity contribution in [3.63, 3.8) is 0 Å². The molecule has 1 aliphatic heterocycles. The molecule has 1 saturated heterocycles. The lowest BCUT2D eigenvalue weighted by atomic mass is 9.70. The minimum absolute atomic E-state index is 0.177. The fourth-order valence-corrected chi connectivity index (χ4v) is 3.06. The highest BCUT2D eigenvalue weighted by atomic mass is 16.2. The van der Waals surface area contributed by atoms with Gasteiger partial charge in [0.1, 0.15) is 5.41 Å². The van der Waals surface area contributed by atoms with E-state index in [1.54, 1.807) is 0 Å². The van der Waals surface area contributed by atoms with Crippen LogP contribution in [0.4, 0.5) is 4.79 Å². The number of carbonyl (C=O) groups is 3. The van der Waals surface area contributed by atoms with Crippen molar-refractivity contribution in [2.45, 2.75) is 59.8 Å². The van der Waals surface area contributed by atoms with Gasteiger partial charge >= 0.3 is 6.03 Å². The average Bonchev–Trinajstić information content (AvgIpc) is 2.43. The number of barbiturate groups is 1. The molecule has 2 aliphatic rings.